The molecule has 2 aromatic rings. The number of nitrogens with zero attached hydrogens (tertiary/aromatic N) is 2. The lowest BCUT2D eigenvalue weighted by atomic mass is 9.88. The molecule has 4 rings (SSSR count). The van der Waals surface area contributed by atoms with E-state index in [9.17, 15) is 5.11 Å². The fourth-order valence-electron chi connectivity index (χ4n) is 5.33. The summed E-state index contributed by atoms with van der Waals surface area (Å²) in [6, 6.07) is 11.8. The molecule has 0 saturated heterocycles. The monoisotopic (exact) mass is 380 g/mol. The first-order valence-electron chi connectivity index (χ1n) is 11.5. The molecule has 2 fully saturated rings. The van der Waals surface area contributed by atoms with Crippen molar-refractivity contribution in [3.63, 3.8) is 0 Å². The summed E-state index contributed by atoms with van der Waals surface area (Å²) in [6.45, 7) is 2.36. The van der Waals surface area contributed by atoms with Gasteiger partial charge in [0.2, 0.25) is 0 Å². The molecule has 0 bridgehead atoms. The molecular formula is C25H36N2O. The second kappa shape index (κ2) is 9.26. The minimum Gasteiger partial charge on any atom is -0.394 e. The third kappa shape index (κ3) is 4.51. The van der Waals surface area contributed by atoms with Crippen LogP contribution in [0.25, 0.3) is 0 Å². The summed E-state index contributed by atoms with van der Waals surface area (Å²) in [6.07, 6.45) is 14.5. The maximum absolute atomic E-state index is 9.93. The normalized spacial score (nSPS) is 21.3. The van der Waals surface area contributed by atoms with E-state index in [0.717, 1.165) is 6.42 Å². The summed E-state index contributed by atoms with van der Waals surface area (Å²) in [4.78, 5) is 7.82. The summed E-state index contributed by atoms with van der Waals surface area (Å²) in [5.41, 5.74) is 4.06. The summed E-state index contributed by atoms with van der Waals surface area (Å²) < 4.78 is 0. The summed E-state index contributed by atoms with van der Waals surface area (Å²) in [5, 5.41) is 11.1. The number of hydrogen-bond acceptors (Lipinski definition) is 3. The van der Waals surface area contributed by atoms with Crippen molar-refractivity contribution in [2.45, 2.75) is 95.7 Å². The van der Waals surface area contributed by atoms with Gasteiger partial charge in [0.25, 0.3) is 0 Å². The number of hydrogen-bond donors (Lipinski definition) is 1. The predicted molar refractivity (Wildman–Crippen MR) is 116 cm³/mol. The average Bonchev–Trinajstić information content (AvgIpc) is 3.38. The molecule has 3 nitrogen and oxygen atoms in total. The first-order chi connectivity index (χ1) is 13.8. The van der Waals surface area contributed by atoms with Crippen molar-refractivity contribution in [2.24, 2.45) is 4.99 Å². The Morgan fingerprint density at radius 2 is 1.50 bits per heavy atom. The third-order valence-electron chi connectivity index (χ3n) is 6.90. The zero-order valence-electron chi connectivity index (χ0n) is 17.4. The van der Waals surface area contributed by atoms with Crippen molar-refractivity contribution in [1.29, 1.82) is 0 Å². The van der Waals surface area contributed by atoms with E-state index in [1.165, 1.54) is 86.4 Å². The zero-order chi connectivity index (χ0) is 19.3. The molecule has 2 aliphatic rings. The number of aliphatic hydroxyl groups excluding tert-OH is 1. The van der Waals surface area contributed by atoms with Crippen LogP contribution in [0.5, 0.6) is 0 Å². The van der Waals surface area contributed by atoms with Crippen molar-refractivity contribution >= 4 is 5.69 Å². The molecule has 1 N–H and O–H groups in total. The van der Waals surface area contributed by atoms with Crippen LogP contribution < -0.4 is 10.3 Å². The SMILES string of the molecule is Cc1c(N(C2CCCCC2)C2CCCCC2)c1=N[C@H](CO)Cc1ccccc1. The van der Waals surface area contributed by atoms with Crippen molar-refractivity contribution < 1.29 is 5.11 Å². The molecule has 0 aromatic heterocycles. The summed E-state index contributed by atoms with van der Waals surface area (Å²) >= 11 is 0. The van der Waals surface area contributed by atoms with Crippen LogP contribution >= 0.6 is 0 Å². The van der Waals surface area contributed by atoms with Gasteiger partial charge in [-0.15, -0.1) is 0 Å². The number of aliphatic hydroxyl groups is 1. The lowest BCUT2D eigenvalue weighted by molar-refractivity contribution is 0.264. The van der Waals surface area contributed by atoms with Gasteiger partial charge in [-0.2, -0.15) is 0 Å². The highest BCUT2D eigenvalue weighted by atomic mass is 16.3. The van der Waals surface area contributed by atoms with Crippen molar-refractivity contribution in [3.05, 3.63) is 46.8 Å². The van der Waals surface area contributed by atoms with E-state index in [4.69, 9.17) is 4.99 Å². The van der Waals surface area contributed by atoms with Gasteiger partial charge in [0.15, 0.2) is 0 Å². The number of rotatable bonds is 7. The fourth-order valence-corrected chi connectivity index (χ4v) is 5.33. The van der Waals surface area contributed by atoms with Gasteiger partial charge in [0.1, 0.15) is 0 Å². The Kier molecular flexibility index (Phi) is 6.51. The second-order valence-corrected chi connectivity index (χ2v) is 8.97. The van der Waals surface area contributed by atoms with Gasteiger partial charge in [-0.3, -0.25) is 4.99 Å². The molecule has 0 unspecified atom stereocenters. The van der Waals surface area contributed by atoms with E-state index >= 15 is 0 Å². The number of anilines is 1. The van der Waals surface area contributed by atoms with Gasteiger partial charge in [-0.05, 0) is 44.6 Å². The van der Waals surface area contributed by atoms with E-state index in [0.29, 0.717) is 12.1 Å². The third-order valence-corrected chi connectivity index (χ3v) is 6.90. The highest BCUT2D eigenvalue weighted by Gasteiger charge is 2.35. The quantitative estimate of drug-likeness (QED) is 0.745. The molecule has 2 aromatic carbocycles. The maximum atomic E-state index is 9.93. The Bertz CT molecular complexity index is 729. The lowest BCUT2D eigenvalue weighted by Crippen LogP contribution is -2.45. The van der Waals surface area contributed by atoms with E-state index < -0.39 is 0 Å². The van der Waals surface area contributed by atoms with Crippen LogP contribution in [-0.2, 0) is 6.42 Å². The van der Waals surface area contributed by atoms with Crippen LogP contribution in [0.15, 0.2) is 35.3 Å². The molecule has 0 amide bonds. The molecule has 0 aliphatic heterocycles. The van der Waals surface area contributed by atoms with Crippen LogP contribution in [-0.4, -0.2) is 29.8 Å². The highest BCUT2D eigenvalue weighted by Crippen LogP contribution is 2.36. The molecule has 2 saturated carbocycles. The molecule has 1 atom stereocenters. The van der Waals surface area contributed by atoms with Crippen LogP contribution in [0, 0.1) is 6.92 Å². The van der Waals surface area contributed by atoms with Crippen LogP contribution in [0.2, 0.25) is 0 Å². The van der Waals surface area contributed by atoms with E-state index in [2.05, 4.69) is 36.1 Å². The Morgan fingerprint density at radius 3 is 2.04 bits per heavy atom. The minimum absolute atomic E-state index is 0.0376. The molecule has 3 heteroatoms. The van der Waals surface area contributed by atoms with Gasteiger partial charge in [-0.1, -0.05) is 68.9 Å². The average molecular weight is 381 g/mol. The molecule has 0 spiro atoms. The van der Waals surface area contributed by atoms with Crippen molar-refractivity contribution in [1.82, 2.24) is 0 Å². The standard InChI is InChI=1S/C25H36N2O/c1-19-24(26-21(18-28)17-20-11-5-2-6-12-20)25(19)27(22-13-7-3-8-14-22)23-15-9-4-10-16-23/h2,5-6,11-12,21-23,28H,3-4,7-10,13-18H2,1H3/t21-/m0/s1. The van der Waals surface area contributed by atoms with Crippen LogP contribution in [0.3, 0.4) is 0 Å². The predicted octanol–water partition coefficient (Wildman–Crippen LogP) is 4.85. The topological polar surface area (TPSA) is 35.8 Å². The Balaban J connectivity index is 1.55. The smallest absolute Gasteiger partial charge is 0.0866 e. The van der Waals surface area contributed by atoms with Crippen molar-refractivity contribution in [3.8, 4) is 0 Å². The number of benzene rings is 1. The van der Waals surface area contributed by atoms with Gasteiger partial charge in [-0.25, -0.2) is 0 Å². The van der Waals surface area contributed by atoms with Gasteiger partial charge in [0.05, 0.1) is 23.7 Å². The molecule has 0 heterocycles. The van der Waals surface area contributed by atoms with Crippen LogP contribution in [0.1, 0.15) is 75.3 Å². The Hall–Kier alpha value is -1.61. The van der Waals surface area contributed by atoms with Crippen molar-refractivity contribution in [2.75, 3.05) is 11.5 Å². The molecule has 0 radical (unpaired) electrons. The first kappa shape index (κ1) is 19.7. The molecular weight excluding hydrogens is 344 g/mol. The van der Waals surface area contributed by atoms with Crippen LogP contribution in [0.4, 0.5) is 5.69 Å². The first-order valence-corrected chi connectivity index (χ1v) is 11.5. The van der Waals surface area contributed by atoms with E-state index in [1.807, 2.05) is 6.07 Å². The fraction of sp³-hybridized carbons (Fsp3) is 0.640. The zero-order valence-corrected chi connectivity index (χ0v) is 17.4. The minimum atomic E-state index is -0.0376. The van der Waals surface area contributed by atoms with Gasteiger partial charge < -0.3 is 10.0 Å². The highest BCUT2D eigenvalue weighted by molar-refractivity contribution is 5.66. The largest absolute Gasteiger partial charge is 0.394 e. The second-order valence-electron chi connectivity index (χ2n) is 8.97. The summed E-state index contributed by atoms with van der Waals surface area (Å²) in [5.74, 6) is 0. The maximum Gasteiger partial charge on any atom is 0.0866 e. The molecule has 28 heavy (non-hydrogen) atoms. The Labute approximate surface area is 170 Å². The van der Waals surface area contributed by atoms with Gasteiger partial charge >= 0.3 is 0 Å². The van der Waals surface area contributed by atoms with Gasteiger partial charge in [0, 0.05) is 17.6 Å². The Morgan fingerprint density at radius 1 is 0.929 bits per heavy atom. The lowest BCUT2D eigenvalue weighted by Gasteiger charge is -2.41. The molecule has 2 aliphatic carbocycles. The summed E-state index contributed by atoms with van der Waals surface area (Å²) in [7, 11) is 0. The molecule has 152 valence electrons. The van der Waals surface area contributed by atoms with E-state index in [-0.39, 0.29) is 12.6 Å². The van der Waals surface area contributed by atoms with E-state index in [1.54, 1.807) is 0 Å².